The molecule has 5 nitrogen and oxygen atoms in total. The summed E-state index contributed by atoms with van der Waals surface area (Å²) in [5.41, 5.74) is 3.50. The summed E-state index contributed by atoms with van der Waals surface area (Å²) < 4.78 is 15.8. The van der Waals surface area contributed by atoms with Gasteiger partial charge in [-0.25, -0.2) is 14.4 Å². The third kappa shape index (κ3) is 2.57. The Bertz CT molecular complexity index is 591. The summed E-state index contributed by atoms with van der Waals surface area (Å²) in [6, 6.07) is 0. The average molecular weight is 263 g/mol. The van der Waals surface area contributed by atoms with Crippen LogP contribution in [-0.2, 0) is 20.0 Å². The Kier molecular flexibility index (Phi) is 3.78. The van der Waals surface area contributed by atoms with E-state index in [0.29, 0.717) is 18.7 Å². The molecule has 102 valence electrons. The summed E-state index contributed by atoms with van der Waals surface area (Å²) >= 11 is 0. The molecule has 19 heavy (non-hydrogen) atoms. The Balaban J connectivity index is 2.19. The van der Waals surface area contributed by atoms with Crippen LogP contribution in [0.3, 0.4) is 0 Å². The van der Waals surface area contributed by atoms with Gasteiger partial charge in [-0.1, -0.05) is 6.92 Å². The third-order valence-electron chi connectivity index (χ3n) is 3.29. The molecular formula is C13H18FN5. The lowest BCUT2D eigenvalue weighted by Crippen LogP contribution is -2.08. The lowest BCUT2D eigenvalue weighted by molar-refractivity contribution is 0.596. The summed E-state index contributed by atoms with van der Waals surface area (Å²) in [4.78, 5) is 7.85. The van der Waals surface area contributed by atoms with E-state index in [1.165, 1.54) is 6.33 Å². The number of hydrogen-bond acceptors (Lipinski definition) is 4. The molecule has 2 heterocycles. The molecule has 2 aromatic heterocycles. The zero-order chi connectivity index (χ0) is 14.0. The predicted octanol–water partition coefficient (Wildman–Crippen LogP) is 2.14. The molecule has 2 aromatic rings. The maximum Gasteiger partial charge on any atom is 0.186 e. The zero-order valence-corrected chi connectivity index (χ0v) is 11.7. The van der Waals surface area contributed by atoms with Crippen molar-refractivity contribution in [2.24, 2.45) is 7.05 Å². The second-order valence-electron chi connectivity index (χ2n) is 4.46. The molecule has 0 spiro atoms. The van der Waals surface area contributed by atoms with Crippen LogP contribution in [0.2, 0.25) is 0 Å². The van der Waals surface area contributed by atoms with Gasteiger partial charge in [-0.15, -0.1) is 0 Å². The number of anilines is 1. The lowest BCUT2D eigenvalue weighted by Gasteiger charge is -2.08. The topological polar surface area (TPSA) is 55.6 Å². The van der Waals surface area contributed by atoms with E-state index in [4.69, 9.17) is 0 Å². The number of nitrogens with one attached hydrogen (secondary N) is 1. The summed E-state index contributed by atoms with van der Waals surface area (Å²) in [6.45, 7) is 6.30. The maximum atomic E-state index is 14.0. The van der Waals surface area contributed by atoms with E-state index in [1.54, 1.807) is 0 Å². The Morgan fingerprint density at radius 3 is 2.63 bits per heavy atom. The van der Waals surface area contributed by atoms with Gasteiger partial charge >= 0.3 is 0 Å². The van der Waals surface area contributed by atoms with Crippen molar-refractivity contribution < 1.29 is 4.39 Å². The minimum absolute atomic E-state index is 0.245. The van der Waals surface area contributed by atoms with Crippen LogP contribution in [0.1, 0.15) is 29.6 Å². The first kappa shape index (κ1) is 13.5. The van der Waals surface area contributed by atoms with Gasteiger partial charge in [-0.2, -0.15) is 5.10 Å². The highest BCUT2D eigenvalue weighted by Gasteiger charge is 2.12. The van der Waals surface area contributed by atoms with Gasteiger partial charge in [0.05, 0.1) is 11.4 Å². The second-order valence-corrected chi connectivity index (χ2v) is 4.46. The SMILES string of the molecule is CCc1ncnc(NCc2c(C)nn(C)c2C)c1F. The number of aromatic nitrogens is 4. The monoisotopic (exact) mass is 263 g/mol. The highest BCUT2D eigenvalue weighted by atomic mass is 19.1. The molecule has 0 fully saturated rings. The molecule has 0 atom stereocenters. The van der Waals surface area contributed by atoms with E-state index in [-0.39, 0.29) is 11.6 Å². The number of halogens is 1. The standard InChI is InChI=1S/C13H18FN5/c1-5-11-12(14)13(17-7-16-11)15-6-10-8(2)18-19(4)9(10)3/h7H,5-6H2,1-4H3,(H,15,16,17). The molecule has 0 amide bonds. The molecule has 2 rings (SSSR count). The molecular weight excluding hydrogens is 245 g/mol. The summed E-state index contributed by atoms with van der Waals surface area (Å²) in [7, 11) is 1.90. The Hall–Kier alpha value is -1.98. The predicted molar refractivity (Wildman–Crippen MR) is 71.4 cm³/mol. The molecule has 0 saturated carbocycles. The van der Waals surface area contributed by atoms with E-state index in [9.17, 15) is 4.39 Å². The first-order chi connectivity index (χ1) is 9.04. The van der Waals surface area contributed by atoms with Crippen molar-refractivity contribution in [3.63, 3.8) is 0 Å². The molecule has 0 bridgehead atoms. The fraction of sp³-hybridized carbons (Fsp3) is 0.462. The Morgan fingerprint density at radius 1 is 1.32 bits per heavy atom. The smallest absolute Gasteiger partial charge is 0.186 e. The van der Waals surface area contributed by atoms with E-state index in [1.807, 2.05) is 32.5 Å². The third-order valence-corrected chi connectivity index (χ3v) is 3.29. The Labute approximate surface area is 111 Å². The molecule has 0 radical (unpaired) electrons. The fourth-order valence-electron chi connectivity index (χ4n) is 2.02. The van der Waals surface area contributed by atoms with Crippen molar-refractivity contribution in [1.82, 2.24) is 19.7 Å². The fourth-order valence-corrected chi connectivity index (χ4v) is 2.02. The van der Waals surface area contributed by atoms with Crippen LogP contribution in [0.25, 0.3) is 0 Å². The summed E-state index contributed by atoms with van der Waals surface area (Å²) in [5, 5.41) is 7.35. The van der Waals surface area contributed by atoms with E-state index >= 15 is 0 Å². The summed E-state index contributed by atoms with van der Waals surface area (Å²) in [5.74, 6) is -0.126. The second kappa shape index (κ2) is 5.34. The largest absolute Gasteiger partial charge is 0.363 e. The van der Waals surface area contributed by atoms with Gasteiger partial charge in [-0.3, -0.25) is 4.68 Å². The van der Waals surface area contributed by atoms with Gasteiger partial charge in [0, 0.05) is 24.8 Å². The van der Waals surface area contributed by atoms with Crippen molar-refractivity contribution in [3.05, 3.63) is 34.8 Å². The molecule has 1 N–H and O–H groups in total. The minimum atomic E-state index is -0.371. The van der Waals surface area contributed by atoms with Gasteiger partial charge < -0.3 is 5.32 Å². The number of hydrogen-bond donors (Lipinski definition) is 1. The molecule has 0 aromatic carbocycles. The van der Waals surface area contributed by atoms with Crippen LogP contribution in [0.4, 0.5) is 10.2 Å². The van der Waals surface area contributed by atoms with Gasteiger partial charge in [0.25, 0.3) is 0 Å². The van der Waals surface area contributed by atoms with Gasteiger partial charge in [-0.05, 0) is 20.3 Å². The van der Waals surface area contributed by atoms with Crippen LogP contribution in [-0.4, -0.2) is 19.7 Å². The first-order valence-electron chi connectivity index (χ1n) is 6.26. The van der Waals surface area contributed by atoms with Gasteiger partial charge in [0.2, 0.25) is 0 Å². The minimum Gasteiger partial charge on any atom is -0.363 e. The first-order valence-corrected chi connectivity index (χ1v) is 6.26. The molecule has 0 aliphatic heterocycles. The van der Waals surface area contributed by atoms with Crippen LogP contribution in [0, 0.1) is 19.7 Å². The van der Waals surface area contributed by atoms with Crippen LogP contribution < -0.4 is 5.32 Å². The van der Waals surface area contributed by atoms with E-state index in [0.717, 1.165) is 17.0 Å². The molecule has 0 aliphatic rings. The highest BCUT2D eigenvalue weighted by molar-refractivity contribution is 5.39. The molecule has 0 saturated heterocycles. The lowest BCUT2D eigenvalue weighted by atomic mass is 10.2. The van der Waals surface area contributed by atoms with Crippen molar-refractivity contribution >= 4 is 5.82 Å². The van der Waals surface area contributed by atoms with E-state index in [2.05, 4.69) is 20.4 Å². The van der Waals surface area contributed by atoms with Gasteiger partial charge in [0.15, 0.2) is 11.6 Å². The molecule has 0 unspecified atom stereocenters. The van der Waals surface area contributed by atoms with Gasteiger partial charge in [0.1, 0.15) is 6.33 Å². The Morgan fingerprint density at radius 2 is 2.05 bits per heavy atom. The summed E-state index contributed by atoms with van der Waals surface area (Å²) in [6.07, 6.45) is 1.93. The van der Waals surface area contributed by atoms with Crippen LogP contribution in [0.15, 0.2) is 6.33 Å². The van der Waals surface area contributed by atoms with Crippen molar-refractivity contribution in [3.8, 4) is 0 Å². The van der Waals surface area contributed by atoms with Crippen molar-refractivity contribution in [2.45, 2.75) is 33.7 Å². The molecule has 0 aliphatic carbocycles. The van der Waals surface area contributed by atoms with Crippen molar-refractivity contribution in [1.29, 1.82) is 0 Å². The number of nitrogens with zero attached hydrogens (tertiary/aromatic N) is 4. The van der Waals surface area contributed by atoms with Crippen LogP contribution >= 0.6 is 0 Å². The number of aryl methyl sites for hydroxylation is 3. The number of rotatable bonds is 4. The van der Waals surface area contributed by atoms with E-state index < -0.39 is 0 Å². The zero-order valence-electron chi connectivity index (χ0n) is 11.7. The average Bonchev–Trinajstić information content (AvgIpc) is 2.63. The molecule has 6 heteroatoms. The normalized spacial score (nSPS) is 10.8. The highest BCUT2D eigenvalue weighted by Crippen LogP contribution is 2.17. The van der Waals surface area contributed by atoms with Crippen molar-refractivity contribution in [2.75, 3.05) is 5.32 Å². The maximum absolute atomic E-state index is 14.0. The quantitative estimate of drug-likeness (QED) is 0.918. The van der Waals surface area contributed by atoms with Crippen LogP contribution in [0.5, 0.6) is 0 Å².